The van der Waals surface area contributed by atoms with Crippen LogP contribution < -0.4 is 0 Å². The highest BCUT2D eigenvalue weighted by Crippen LogP contribution is 2.69. The SMILES string of the molecule is COC[C@H]1C[C@H]2C[C@](C)(O)CC[C@]2(C)C2CC[C@]3(C)[C@@H](C(=O)Cn4ncc5ccncc54)CC[C@H]3[C@@H]21. The van der Waals surface area contributed by atoms with E-state index in [1.807, 2.05) is 37.2 Å². The van der Waals surface area contributed by atoms with E-state index < -0.39 is 5.60 Å². The average Bonchev–Trinajstić information content (AvgIpc) is 3.41. The van der Waals surface area contributed by atoms with Crippen molar-refractivity contribution in [2.24, 2.45) is 46.3 Å². The first-order valence-electron chi connectivity index (χ1n) is 14.2. The third-order valence-electron chi connectivity index (χ3n) is 11.7. The van der Waals surface area contributed by atoms with E-state index in [0.717, 1.165) is 62.5 Å². The van der Waals surface area contributed by atoms with Crippen LogP contribution in [0.5, 0.6) is 0 Å². The number of pyridine rings is 1. The number of ketones is 1. The van der Waals surface area contributed by atoms with E-state index in [1.165, 1.54) is 6.42 Å². The molecule has 0 bridgehead atoms. The van der Waals surface area contributed by atoms with Gasteiger partial charge in [-0.3, -0.25) is 14.5 Å². The highest BCUT2D eigenvalue weighted by Gasteiger charge is 2.63. The summed E-state index contributed by atoms with van der Waals surface area (Å²) in [5.74, 6) is 3.37. The molecule has 0 saturated heterocycles. The molecule has 6 rings (SSSR count). The van der Waals surface area contributed by atoms with Crippen molar-refractivity contribution in [2.75, 3.05) is 13.7 Å². The summed E-state index contributed by atoms with van der Waals surface area (Å²) in [6.45, 7) is 8.13. The molecule has 4 aliphatic carbocycles. The van der Waals surface area contributed by atoms with Crippen LogP contribution in [0.25, 0.3) is 10.9 Å². The number of carbonyl (C=O) groups is 1. The van der Waals surface area contributed by atoms with E-state index in [0.29, 0.717) is 47.3 Å². The zero-order valence-electron chi connectivity index (χ0n) is 22.4. The first-order chi connectivity index (χ1) is 17.2. The van der Waals surface area contributed by atoms with Crippen LogP contribution in [0.3, 0.4) is 0 Å². The minimum atomic E-state index is -0.533. The normalized spacial score (nSPS) is 44.1. The van der Waals surface area contributed by atoms with E-state index in [4.69, 9.17) is 4.74 Å². The van der Waals surface area contributed by atoms with Gasteiger partial charge in [-0.1, -0.05) is 13.8 Å². The second-order valence-corrected chi connectivity index (χ2v) is 13.5. The van der Waals surface area contributed by atoms with Crippen molar-refractivity contribution < 1.29 is 14.6 Å². The van der Waals surface area contributed by atoms with Crippen LogP contribution in [0, 0.1) is 46.3 Å². The number of Topliss-reactive ketones (excluding diaryl/α,β-unsaturated/α-hetero) is 1. The van der Waals surface area contributed by atoms with Gasteiger partial charge in [-0.25, -0.2) is 0 Å². The quantitative estimate of drug-likeness (QED) is 0.613. The Hall–Kier alpha value is -1.79. The molecule has 6 heteroatoms. The van der Waals surface area contributed by atoms with Crippen LogP contribution >= 0.6 is 0 Å². The molecule has 0 aliphatic heterocycles. The number of hydrogen-bond acceptors (Lipinski definition) is 5. The van der Waals surface area contributed by atoms with Crippen molar-refractivity contribution in [2.45, 2.75) is 84.3 Å². The zero-order chi connectivity index (χ0) is 25.3. The molecule has 36 heavy (non-hydrogen) atoms. The summed E-state index contributed by atoms with van der Waals surface area (Å²) in [6.07, 6.45) is 14.0. The summed E-state index contributed by atoms with van der Waals surface area (Å²) in [6, 6.07) is 1.95. The summed E-state index contributed by atoms with van der Waals surface area (Å²) in [7, 11) is 1.84. The van der Waals surface area contributed by atoms with Crippen LogP contribution in [0.1, 0.15) is 72.1 Å². The monoisotopic (exact) mass is 493 g/mol. The first-order valence-corrected chi connectivity index (χ1v) is 14.2. The Bertz CT molecular complexity index is 1140. The van der Waals surface area contributed by atoms with Gasteiger partial charge in [0.05, 0.1) is 23.5 Å². The van der Waals surface area contributed by atoms with Gasteiger partial charge in [-0.15, -0.1) is 0 Å². The number of aliphatic hydroxyl groups is 1. The second-order valence-electron chi connectivity index (χ2n) is 13.5. The number of fused-ring (bicyclic) bond motifs is 6. The van der Waals surface area contributed by atoms with Crippen LogP contribution in [-0.4, -0.2) is 45.0 Å². The lowest BCUT2D eigenvalue weighted by molar-refractivity contribution is -0.175. The number of aromatic nitrogens is 3. The number of rotatable bonds is 5. The van der Waals surface area contributed by atoms with Crippen LogP contribution in [0.2, 0.25) is 0 Å². The molecule has 0 amide bonds. The molecule has 2 aromatic heterocycles. The Morgan fingerprint density at radius 2 is 1.92 bits per heavy atom. The fourth-order valence-corrected chi connectivity index (χ4v) is 9.82. The van der Waals surface area contributed by atoms with E-state index in [-0.39, 0.29) is 11.3 Å². The van der Waals surface area contributed by atoms with Crippen LogP contribution in [-0.2, 0) is 16.1 Å². The Morgan fingerprint density at radius 1 is 1.11 bits per heavy atom. The summed E-state index contributed by atoms with van der Waals surface area (Å²) in [4.78, 5) is 18.1. The summed E-state index contributed by atoms with van der Waals surface area (Å²) >= 11 is 0. The Morgan fingerprint density at radius 3 is 2.72 bits per heavy atom. The van der Waals surface area contributed by atoms with Crippen LogP contribution in [0.4, 0.5) is 0 Å². The van der Waals surface area contributed by atoms with Crippen molar-refractivity contribution in [3.63, 3.8) is 0 Å². The molecular weight excluding hydrogens is 450 g/mol. The molecule has 1 N–H and O–H groups in total. The van der Waals surface area contributed by atoms with Gasteiger partial charge in [0.2, 0.25) is 0 Å². The third kappa shape index (κ3) is 3.69. The van der Waals surface area contributed by atoms with Crippen molar-refractivity contribution in [1.29, 1.82) is 0 Å². The molecule has 1 unspecified atom stereocenters. The molecule has 4 saturated carbocycles. The molecule has 2 aromatic rings. The highest BCUT2D eigenvalue weighted by molar-refractivity contribution is 5.84. The topological polar surface area (TPSA) is 77.2 Å². The van der Waals surface area contributed by atoms with E-state index in [2.05, 4.69) is 23.9 Å². The lowest BCUT2D eigenvalue weighted by Crippen LogP contribution is -2.59. The molecule has 0 radical (unpaired) electrons. The van der Waals surface area contributed by atoms with E-state index in [1.54, 1.807) is 6.20 Å². The highest BCUT2D eigenvalue weighted by atomic mass is 16.5. The standard InChI is InChI=1S/C30H43N3O3/c1-28(35)10-11-29(2)21(14-28)13-20(18-36-4)27-23-6-5-22(30(23,3)9-7-24(27)29)26(34)17-33-25-16-31-12-8-19(25)15-32-33/h8,12,15-16,20-24,27,35H,5-7,9-11,13-14,17-18H2,1-4H3/t20-,21+,22-,23+,24?,27+,28-,29+,30-/m1/s1. The van der Waals surface area contributed by atoms with Gasteiger partial charge in [0, 0.05) is 31.2 Å². The summed E-state index contributed by atoms with van der Waals surface area (Å²) < 4.78 is 7.66. The van der Waals surface area contributed by atoms with Gasteiger partial charge in [0.25, 0.3) is 0 Å². The average molecular weight is 494 g/mol. The molecule has 6 nitrogen and oxygen atoms in total. The van der Waals surface area contributed by atoms with E-state index in [9.17, 15) is 9.90 Å². The van der Waals surface area contributed by atoms with Crippen molar-refractivity contribution >= 4 is 16.7 Å². The fourth-order valence-electron chi connectivity index (χ4n) is 9.82. The molecule has 9 atom stereocenters. The smallest absolute Gasteiger partial charge is 0.157 e. The number of hydrogen-bond donors (Lipinski definition) is 1. The lowest BCUT2D eigenvalue weighted by atomic mass is 9.42. The summed E-state index contributed by atoms with van der Waals surface area (Å²) in [5.41, 5.74) is 0.749. The number of ether oxygens (including phenoxy) is 1. The number of nitrogens with zero attached hydrogens (tertiary/aromatic N) is 3. The van der Waals surface area contributed by atoms with Crippen molar-refractivity contribution in [3.05, 3.63) is 24.7 Å². The van der Waals surface area contributed by atoms with Gasteiger partial charge < -0.3 is 9.84 Å². The third-order valence-corrected chi connectivity index (χ3v) is 11.7. The van der Waals surface area contributed by atoms with Crippen molar-refractivity contribution in [3.8, 4) is 0 Å². The molecule has 2 heterocycles. The van der Waals surface area contributed by atoms with Gasteiger partial charge in [-0.05, 0) is 105 Å². The van der Waals surface area contributed by atoms with E-state index >= 15 is 0 Å². The zero-order valence-corrected chi connectivity index (χ0v) is 22.4. The fraction of sp³-hybridized carbons (Fsp3) is 0.767. The molecule has 4 aliphatic rings. The predicted molar refractivity (Wildman–Crippen MR) is 139 cm³/mol. The summed E-state index contributed by atoms with van der Waals surface area (Å²) in [5, 5.41) is 16.5. The largest absolute Gasteiger partial charge is 0.390 e. The molecule has 4 fully saturated rings. The lowest BCUT2D eigenvalue weighted by Gasteiger charge is -2.64. The van der Waals surface area contributed by atoms with Gasteiger partial charge in [-0.2, -0.15) is 5.10 Å². The maximum absolute atomic E-state index is 13.8. The number of carbonyl (C=O) groups excluding carboxylic acids is 1. The maximum atomic E-state index is 13.8. The first kappa shape index (κ1) is 24.5. The predicted octanol–water partition coefficient (Wildman–Crippen LogP) is 5.28. The van der Waals surface area contributed by atoms with Crippen molar-refractivity contribution in [1.82, 2.24) is 14.8 Å². The minimum absolute atomic E-state index is 0.0504. The Labute approximate surface area is 215 Å². The Kier molecular flexibility index (Phi) is 5.88. The maximum Gasteiger partial charge on any atom is 0.157 e. The van der Waals surface area contributed by atoms with Crippen LogP contribution in [0.15, 0.2) is 24.7 Å². The molecule has 0 spiro atoms. The molecular formula is C30H43N3O3. The molecule has 0 aromatic carbocycles. The van der Waals surface area contributed by atoms with Gasteiger partial charge in [0.15, 0.2) is 5.78 Å². The number of methoxy groups -OCH3 is 1. The van der Waals surface area contributed by atoms with Gasteiger partial charge >= 0.3 is 0 Å². The Balaban J connectivity index is 1.27. The second kappa shape index (κ2) is 8.62. The molecule has 196 valence electrons. The minimum Gasteiger partial charge on any atom is -0.390 e. The van der Waals surface area contributed by atoms with Gasteiger partial charge in [0.1, 0.15) is 6.54 Å².